The molecule has 2 heterocycles. The summed E-state index contributed by atoms with van der Waals surface area (Å²) < 4.78 is 11.6. The van der Waals surface area contributed by atoms with Crippen molar-refractivity contribution >= 4 is 18.0 Å². The summed E-state index contributed by atoms with van der Waals surface area (Å²) >= 11 is 0. The highest BCUT2D eigenvalue weighted by Crippen LogP contribution is 2.33. The first-order valence-electron chi connectivity index (χ1n) is 13.8. The van der Waals surface area contributed by atoms with Gasteiger partial charge in [0.05, 0.1) is 30.9 Å². The number of ether oxygens (including phenoxy) is 2. The van der Waals surface area contributed by atoms with Gasteiger partial charge in [-0.15, -0.1) is 0 Å². The van der Waals surface area contributed by atoms with Gasteiger partial charge in [0.25, 0.3) is 0 Å². The number of hydrogen-bond acceptors (Lipinski definition) is 6. The van der Waals surface area contributed by atoms with Crippen LogP contribution in [0.4, 0.5) is 9.59 Å². The quantitative estimate of drug-likeness (QED) is 0.454. The maximum absolute atomic E-state index is 12.0. The van der Waals surface area contributed by atoms with Crippen molar-refractivity contribution in [3.63, 3.8) is 0 Å². The van der Waals surface area contributed by atoms with E-state index in [-0.39, 0.29) is 48.5 Å². The van der Waals surface area contributed by atoms with Crippen molar-refractivity contribution in [1.82, 2.24) is 15.1 Å². The first kappa shape index (κ1) is 32.5. The number of carbonyl (C=O) groups excluding carboxylic acids is 1. The van der Waals surface area contributed by atoms with Gasteiger partial charge in [-0.05, 0) is 45.1 Å². The van der Waals surface area contributed by atoms with Crippen molar-refractivity contribution in [2.75, 3.05) is 19.6 Å². The Morgan fingerprint density at radius 2 is 1.62 bits per heavy atom. The second-order valence-corrected chi connectivity index (χ2v) is 11.8. The minimum atomic E-state index is -0.986. The summed E-state index contributed by atoms with van der Waals surface area (Å²) in [6.07, 6.45) is -1.61. The fraction of sp³-hybridized carbons (Fsp3) is 0.690. The Balaban J connectivity index is 0.000000277. The fourth-order valence-corrected chi connectivity index (χ4v) is 5.09. The molecular formula is C29H47N3O7. The zero-order chi connectivity index (χ0) is 29.3. The van der Waals surface area contributed by atoms with Crippen molar-refractivity contribution in [1.29, 1.82) is 0 Å². The summed E-state index contributed by atoms with van der Waals surface area (Å²) in [6, 6.07) is 9.95. The van der Waals surface area contributed by atoms with Crippen LogP contribution in [0.5, 0.6) is 0 Å². The molecule has 3 rings (SSSR count). The molecule has 10 heteroatoms. The van der Waals surface area contributed by atoms with E-state index in [2.05, 4.69) is 17.4 Å². The van der Waals surface area contributed by atoms with Crippen molar-refractivity contribution in [2.45, 2.75) is 104 Å². The number of amides is 2. The Morgan fingerprint density at radius 3 is 2.13 bits per heavy atom. The van der Waals surface area contributed by atoms with E-state index >= 15 is 0 Å². The molecule has 1 aromatic rings. The van der Waals surface area contributed by atoms with Crippen LogP contribution in [0.3, 0.4) is 0 Å². The number of piperidine rings is 2. The zero-order valence-electron chi connectivity index (χ0n) is 24.4. The van der Waals surface area contributed by atoms with Crippen molar-refractivity contribution in [2.24, 2.45) is 5.41 Å². The lowest BCUT2D eigenvalue weighted by Gasteiger charge is -2.45. The van der Waals surface area contributed by atoms with Gasteiger partial charge in [0, 0.05) is 32.1 Å². The summed E-state index contributed by atoms with van der Waals surface area (Å²) in [5, 5.41) is 21.9. The number of rotatable bonds is 7. The van der Waals surface area contributed by atoms with Gasteiger partial charge in [-0.25, -0.2) is 9.59 Å². The van der Waals surface area contributed by atoms with Crippen molar-refractivity contribution < 1.29 is 34.1 Å². The summed E-state index contributed by atoms with van der Waals surface area (Å²) in [6.45, 7) is 15.5. The van der Waals surface area contributed by atoms with Crippen LogP contribution in [0.1, 0.15) is 66.9 Å². The lowest BCUT2D eigenvalue weighted by molar-refractivity contribution is -0.149. The minimum absolute atomic E-state index is 0.00104. The van der Waals surface area contributed by atoms with Crippen LogP contribution < -0.4 is 5.32 Å². The molecule has 2 fully saturated rings. The number of ketones is 1. The lowest BCUT2D eigenvalue weighted by atomic mass is 9.78. The number of hydrogen-bond donors (Lipinski definition) is 3. The Morgan fingerprint density at radius 1 is 1.00 bits per heavy atom. The highest BCUT2D eigenvalue weighted by molar-refractivity contribution is 5.86. The summed E-state index contributed by atoms with van der Waals surface area (Å²) in [5.74, 6) is 0.00104. The zero-order valence-corrected chi connectivity index (χ0v) is 24.4. The smallest absolute Gasteiger partial charge is 0.407 e. The lowest BCUT2D eigenvalue weighted by Crippen LogP contribution is -2.61. The van der Waals surface area contributed by atoms with Crippen LogP contribution in [-0.4, -0.2) is 94.1 Å². The molecule has 0 bridgehead atoms. The molecule has 4 unspecified atom stereocenters. The molecule has 2 saturated heterocycles. The average molecular weight is 550 g/mol. The van der Waals surface area contributed by atoms with Gasteiger partial charge in [-0.1, -0.05) is 51.1 Å². The van der Waals surface area contributed by atoms with Crippen LogP contribution >= 0.6 is 0 Å². The van der Waals surface area contributed by atoms with Crippen molar-refractivity contribution in [3.8, 4) is 0 Å². The topological polar surface area (TPSA) is 129 Å². The van der Waals surface area contributed by atoms with Gasteiger partial charge in [0.2, 0.25) is 0 Å². The Bertz CT molecular complexity index is 933. The normalized spacial score (nSPS) is 24.0. The van der Waals surface area contributed by atoms with Gasteiger partial charge in [-0.2, -0.15) is 0 Å². The molecule has 0 aromatic heterocycles. The third-order valence-electron chi connectivity index (χ3n) is 6.78. The second-order valence-electron chi connectivity index (χ2n) is 11.8. The first-order chi connectivity index (χ1) is 18.2. The summed E-state index contributed by atoms with van der Waals surface area (Å²) in [4.78, 5) is 37.2. The Labute approximate surface area is 232 Å². The minimum Gasteiger partial charge on any atom is -0.465 e. The first-order valence-corrected chi connectivity index (χ1v) is 13.8. The molecule has 0 saturated carbocycles. The average Bonchev–Trinajstić information content (AvgIpc) is 2.84. The van der Waals surface area contributed by atoms with E-state index in [0.717, 1.165) is 13.0 Å². The molecule has 10 nitrogen and oxygen atoms in total. The highest BCUT2D eigenvalue weighted by Gasteiger charge is 2.46. The molecule has 3 N–H and O–H groups in total. The van der Waals surface area contributed by atoms with Crippen LogP contribution in [-0.2, 0) is 20.8 Å². The molecule has 220 valence electrons. The molecular weight excluding hydrogens is 502 g/mol. The predicted molar refractivity (Wildman–Crippen MR) is 149 cm³/mol. The predicted octanol–water partition coefficient (Wildman–Crippen LogP) is 4.47. The van der Waals surface area contributed by atoms with Crippen LogP contribution in [0.25, 0.3) is 0 Å². The van der Waals surface area contributed by atoms with E-state index in [4.69, 9.17) is 14.6 Å². The molecule has 2 amide bonds. The molecule has 4 atom stereocenters. The Hall–Kier alpha value is -2.69. The Kier molecular flexibility index (Phi) is 12.2. The monoisotopic (exact) mass is 549 g/mol. The van der Waals surface area contributed by atoms with Gasteiger partial charge >= 0.3 is 12.2 Å². The van der Waals surface area contributed by atoms with E-state index in [1.165, 1.54) is 15.4 Å². The number of nitrogens with zero attached hydrogens (tertiary/aromatic N) is 2. The SMILES string of the molecule is CC(C)OC1C(=O)CCN(C(=O)O)C1C(C)(C)C.CC(C)OC1CN(C(=O)O)CCC1NCc1ccccc1. The maximum Gasteiger partial charge on any atom is 0.407 e. The van der Waals surface area contributed by atoms with E-state index in [0.29, 0.717) is 13.1 Å². The molecule has 0 radical (unpaired) electrons. The number of Topliss-reactive ketones (excluding diaryl/α,β-unsaturated/α-hetero) is 1. The highest BCUT2D eigenvalue weighted by atomic mass is 16.5. The largest absolute Gasteiger partial charge is 0.465 e. The number of nitrogens with one attached hydrogen (secondary N) is 1. The van der Waals surface area contributed by atoms with E-state index in [9.17, 15) is 19.5 Å². The van der Waals surface area contributed by atoms with Crippen LogP contribution in [0.15, 0.2) is 30.3 Å². The van der Waals surface area contributed by atoms with E-state index < -0.39 is 24.3 Å². The van der Waals surface area contributed by atoms with Gasteiger partial charge in [-0.3, -0.25) is 4.79 Å². The van der Waals surface area contributed by atoms with Crippen LogP contribution in [0, 0.1) is 5.41 Å². The van der Waals surface area contributed by atoms with E-state index in [1.807, 2.05) is 66.7 Å². The van der Waals surface area contributed by atoms with Gasteiger partial charge in [0.1, 0.15) is 6.10 Å². The molecule has 1 aromatic carbocycles. The van der Waals surface area contributed by atoms with E-state index in [1.54, 1.807) is 0 Å². The second kappa shape index (κ2) is 14.6. The summed E-state index contributed by atoms with van der Waals surface area (Å²) in [7, 11) is 0. The number of likely N-dealkylation sites (tertiary alicyclic amines) is 2. The standard InChI is InChI=1S/C16H24N2O3.C13H23NO4/c1-12(2)21-15-11-18(16(19)20)9-8-14(15)17-10-13-6-4-3-5-7-13;1-8(2)18-10-9(15)6-7-14(12(16)17)11(10)13(3,4)5/h3-7,12,14-15,17H,8-11H2,1-2H3,(H,19,20);8,10-11H,6-7H2,1-5H3,(H,16,17). The van der Waals surface area contributed by atoms with Crippen LogP contribution in [0.2, 0.25) is 0 Å². The number of carbonyl (C=O) groups is 3. The van der Waals surface area contributed by atoms with Gasteiger partial charge < -0.3 is 34.8 Å². The van der Waals surface area contributed by atoms with Gasteiger partial charge in [0.15, 0.2) is 5.78 Å². The fourth-order valence-electron chi connectivity index (χ4n) is 5.09. The number of benzene rings is 1. The molecule has 39 heavy (non-hydrogen) atoms. The molecule has 2 aliphatic rings. The third kappa shape index (κ3) is 10.1. The third-order valence-corrected chi connectivity index (χ3v) is 6.78. The number of carboxylic acid groups (broad SMARTS) is 2. The summed E-state index contributed by atoms with van der Waals surface area (Å²) in [5.41, 5.74) is 0.884. The molecule has 0 spiro atoms. The maximum atomic E-state index is 12.0. The van der Waals surface area contributed by atoms with Crippen molar-refractivity contribution in [3.05, 3.63) is 35.9 Å². The molecule has 2 aliphatic heterocycles. The molecule has 0 aliphatic carbocycles.